The molecule has 5 heteroatoms. The second kappa shape index (κ2) is 4.57. The minimum absolute atomic E-state index is 0.236. The lowest BCUT2D eigenvalue weighted by molar-refractivity contribution is -0.122. The molecule has 1 unspecified atom stereocenters. The normalized spacial score (nSPS) is 15.8. The molecule has 0 rings (SSSR count). The number of carbonyl (C=O) groups is 1. The largest absolute Gasteiger partial charge is 0.304 e. The maximum absolute atomic E-state index is 10.9. The van der Waals surface area contributed by atoms with E-state index in [-0.39, 0.29) is 6.42 Å². The van der Waals surface area contributed by atoms with Gasteiger partial charge in [0.15, 0.2) is 5.66 Å². The highest BCUT2D eigenvalue weighted by atomic mass is 35.5. The molecule has 0 saturated carbocycles. The Morgan fingerprint density at radius 2 is 2.33 bits per heavy atom. The van der Waals surface area contributed by atoms with E-state index in [9.17, 15) is 4.79 Å². The molecule has 0 heterocycles. The first-order valence-corrected chi connectivity index (χ1v) is 3.98. The first-order valence-electron chi connectivity index (χ1n) is 3.61. The zero-order chi connectivity index (χ0) is 9.78. The van der Waals surface area contributed by atoms with E-state index < -0.39 is 10.9 Å². The summed E-state index contributed by atoms with van der Waals surface area (Å²) in [7, 11) is 0. The minimum atomic E-state index is -1.32. The molecule has 0 bridgehead atoms. The lowest BCUT2D eigenvalue weighted by atomic mass is 10.1. The summed E-state index contributed by atoms with van der Waals surface area (Å²) in [6.45, 7) is 5.70. The quantitative estimate of drug-likeness (QED) is 0.214. The number of hydrogen-bond acceptors (Lipinski definition) is 4. The summed E-state index contributed by atoms with van der Waals surface area (Å²) >= 11 is 5.30. The van der Waals surface area contributed by atoms with Crippen LogP contribution < -0.4 is 11.6 Å². The van der Waals surface area contributed by atoms with E-state index in [2.05, 4.69) is 6.58 Å². The standard InChI is InChI=1S/C7H14ClN3O/c1-3-5-7(9,6(8)12)11(10)4-2/h3H,1,4-5,9-10H2,2H3. The van der Waals surface area contributed by atoms with Crippen molar-refractivity contribution in [2.75, 3.05) is 6.54 Å². The number of nitrogens with zero attached hydrogens (tertiary/aromatic N) is 1. The third-order valence-corrected chi connectivity index (χ3v) is 1.98. The Kier molecular flexibility index (Phi) is 4.41. The molecule has 0 aromatic heterocycles. The van der Waals surface area contributed by atoms with Crippen LogP contribution in [0.25, 0.3) is 0 Å². The Hall–Kier alpha value is -0.420. The van der Waals surface area contributed by atoms with E-state index in [1.807, 2.05) is 0 Å². The lowest BCUT2D eigenvalue weighted by Crippen LogP contribution is -2.62. The molecule has 0 fully saturated rings. The Balaban J connectivity index is 4.59. The van der Waals surface area contributed by atoms with Crippen LogP contribution in [0.3, 0.4) is 0 Å². The van der Waals surface area contributed by atoms with Crippen molar-refractivity contribution in [1.29, 1.82) is 0 Å². The third-order valence-electron chi connectivity index (χ3n) is 1.65. The van der Waals surface area contributed by atoms with Crippen molar-refractivity contribution in [3.05, 3.63) is 12.7 Å². The predicted molar refractivity (Wildman–Crippen MR) is 49.2 cm³/mol. The van der Waals surface area contributed by atoms with E-state index in [4.69, 9.17) is 23.2 Å². The number of rotatable bonds is 5. The monoisotopic (exact) mass is 191 g/mol. The lowest BCUT2D eigenvalue weighted by Gasteiger charge is -2.32. The molecule has 0 amide bonds. The van der Waals surface area contributed by atoms with Gasteiger partial charge in [-0.1, -0.05) is 13.0 Å². The SMILES string of the molecule is C=CCC(N)(C(=O)Cl)N(N)CC. The highest BCUT2D eigenvalue weighted by Gasteiger charge is 2.35. The van der Waals surface area contributed by atoms with Gasteiger partial charge in [0.05, 0.1) is 0 Å². The first-order chi connectivity index (χ1) is 5.49. The molecule has 0 spiro atoms. The highest BCUT2D eigenvalue weighted by molar-refractivity contribution is 6.65. The molecule has 0 aliphatic carbocycles. The topological polar surface area (TPSA) is 72.4 Å². The van der Waals surface area contributed by atoms with Crippen LogP contribution in [0, 0.1) is 0 Å². The van der Waals surface area contributed by atoms with Crippen molar-refractivity contribution < 1.29 is 4.79 Å². The Morgan fingerprint density at radius 3 is 2.58 bits per heavy atom. The van der Waals surface area contributed by atoms with Crippen molar-refractivity contribution in [2.24, 2.45) is 11.6 Å². The van der Waals surface area contributed by atoms with Gasteiger partial charge in [0.25, 0.3) is 5.24 Å². The third kappa shape index (κ3) is 2.28. The smallest absolute Gasteiger partial charge is 0.258 e. The average molecular weight is 192 g/mol. The van der Waals surface area contributed by atoms with E-state index in [0.29, 0.717) is 6.54 Å². The summed E-state index contributed by atoms with van der Waals surface area (Å²) in [6.07, 6.45) is 1.75. The molecule has 0 saturated heterocycles. The summed E-state index contributed by atoms with van der Waals surface area (Å²) in [6, 6.07) is 0. The number of likely N-dealkylation sites (N-methyl/N-ethyl adjacent to an activating group) is 1. The first kappa shape index (κ1) is 11.6. The molecule has 4 N–H and O–H groups in total. The van der Waals surface area contributed by atoms with Crippen LogP contribution in [0.5, 0.6) is 0 Å². The highest BCUT2D eigenvalue weighted by Crippen LogP contribution is 2.13. The van der Waals surface area contributed by atoms with Crippen LogP contribution in [-0.2, 0) is 4.79 Å². The van der Waals surface area contributed by atoms with Gasteiger partial charge in [0.1, 0.15) is 0 Å². The second-order valence-electron chi connectivity index (χ2n) is 2.48. The molecule has 12 heavy (non-hydrogen) atoms. The number of hydrogen-bond donors (Lipinski definition) is 2. The zero-order valence-corrected chi connectivity index (χ0v) is 7.84. The van der Waals surface area contributed by atoms with Gasteiger partial charge < -0.3 is 5.73 Å². The second-order valence-corrected chi connectivity index (χ2v) is 2.82. The fraction of sp³-hybridized carbons (Fsp3) is 0.571. The van der Waals surface area contributed by atoms with Crippen molar-refractivity contribution in [2.45, 2.75) is 19.0 Å². The number of carbonyl (C=O) groups excluding carboxylic acids is 1. The molecule has 0 radical (unpaired) electrons. The maximum Gasteiger partial charge on any atom is 0.258 e. The van der Waals surface area contributed by atoms with Crippen LogP contribution >= 0.6 is 11.6 Å². The van der Waals surface area contributed by atoms with Crippen molar-refractivity contribution in [3.63, 3.8) is 0 Å². The molecule has 4 nitrogen and oxygen atoms in total. The summed E-state index contributed by atoms with van der Waals surface area (Å²) in [4.78, 5) is 10.9. The molecular formula is C7H14ClN3O. The van der Waals surface area contributed by atoms with Gasteiger partial charge in [0.2, 0.25) is 0 Å². The van der Waals surface area contributed by atoms with Crippen LogP contribution in [0.1, 0.15) is 13.3 Å². The molecule has 0 aliphatic rings. The van der Waals surface area contributed by atoms with Gasteiger partial charge in [-0.25, -0.2) is 5.01 Å². The summed E-state index contributed by atoms with van der Waals surface area (Å²) in [5.41, 5.74) is 4.33. The van der Waals surface area contributed by atoms with Crippen LogP contribution in [0.15, 0.2) is 12.7 Å². The Bertz CT molecular complexity index is 185. The molecule has 0 aliphatic heterocycles. The zero-order valence-electron chi connectivity index (χ0n) is 7.09. The molecule has 0 aromatic carbocycles. The minimum Gasteiger partial charge on any atom is -0.304 e. The predicted octanol–water partition coefficient (Wildman–Crippen LogP) is 0.179. The van der Waals surface area contributed by atoms with Gasteiger partial charge in [-0.15, -0.1) is 6.58 Å². The summed E-state index contributed by atoms with van der Waals surface area (Å²) in [5.74, 6) is 5.49. The van der Waals surface area contributed by atoms with Crippen molar-refractivity contribution >= 4 is 16.8 Å². The molecule has 1 atom stereocenters. The van der Waals surface area contributed by atoms with Crippen molar-refractivity contribution in [3.8, 4) is 0 Å². The van der Waals surface area contributed by atoms with Crippen LogP contribution in [0.2, 0.25) is 0 Å². The summed E-state index contributed by atoms with van der Waals surface area (Å²) < 4.78 is 0. The van der Waals surface area contributed by atoms with Crippen LogP contribution in [0.4, 0.5) is 0 Å². The van der Waals surface area contributed by atoms with E-state index in [1.54, 1.807) is 6.92 Å². The van der Waals surface area contributed by atoms with Gasteiger partial charge in [-0.05, 0) is 11.6 Å². The van der Waals surface area contributed by atoms with E-state index in [1.165, 1.54) is 11.1 Å². The average Bonchev–Trinajstić information content (AvgIpc) is 2.03. The number of halogens is 1. The molecular weight excluding hydrogens is 178 g/mol. The van der Waals surface area contributed by atoms with Gasteiger partial charge in [0, 0.05) is 13.0 Å². The van der Waals surface area contributed by atoms with E-state index >= 15 is 0 Å². The van der Waals surface area contributed by atoms with Gasteiger partial charge in [-0.2, -0.15) is 0 Å². The van der Waals surface area contributed by atoms with Gasteiger partial charge in [-0.3, -0.25) is 10.6 Å². The van der Waals surface area contributed by atoms with Gasteiger partial charge >= 0.3 is 0 Å². The number of hydrazine groups is 1. The Morgan fingerprint density at radius 1 is 1.83 bits per heavy atom. The molecule has 70 valence electrons. The number of nitrogens with two attached hydrogens (primary N) is 2. The van der Waals surface area contributed by atoms with E-state index in [0.717, 1.165) is 0 Å². The summed E-state index contributed by atoms with van der Waals surface area (Å²) in [5, 5.41) is 0.524. The fourth-order valence-electron chi connectivity index (χ4n) is 0.813. The maximum atomic E-state index is 10.9. The molecule has 0 aromatic rings. The van der Waals surface area contributed by atoms with Crippen molar-refractivity contribution in [1.82, 2.24) is 5.01 Å². The fourth-order valence-corrected chi connectivity index (χ4v) is 0.998. The Labute approximate surface area is 77.1 Å². The van der Waals surface area contributed by atoms with Crippen LogP contribution in [-0.4, -0.2) is 22.5 Å².